The first-order valence-electron chi connectivity index (χ1n) is 19.1. The molecule has 294 valence electrons. The van der Waals surface area contributed by atoms with Crippen molar-refractivity contribution in [3.8, 4) is 5.75 Å². The fourth-order valence-corrected chi connectivity index (χ4v) is 10.5. The third-order valence-corrected chi connectivity index (χ3v) is 13.7. The van der Waals surface area contributed by atoms with Crippen LogP contribution in [-0.4, -0.2) is 78.4 Å². The van der Waals surface area contributed by atoms with Gasteiger partial charge in [0.25, 0.3) is 0 Å². The molecule has 1 saturated carbocycles. The van der Waals surface area contributed by atoms with Gasteiger partial charge in [-0.15, -0.1) is 27.8 Å². The second-order valence-corrected chi connectivity index (χ2v) is 17.6. The van der Waals surface area contributed by atoms with E-state index in [0.29, 0.717) is 49.7 Å². The Morgan fingerprint density at radius 1 is 1.12 bits per heavy atom. The summed E-state index contributed by atoms with van der Waals surface area (Å²) in [6.07, 6.45) is 6.13. The maximum atomic E-state index is 13.5. The van der Waals surface area contributed by atoms with E-state index < -0.39 is 17.7 Å². The maximum Gasteiger partial charge on any atom is 0.349 e. The van der Waals surface area contributed by atoms with Crippen LogP contribution in [0.25, 0.3) is 21.9 Å². The molecule has 5 N–H and O–H groups in total. The fourth-order valence-electron chi connectivity index (χ4n) is 8.47. The minimum atomic E-state index is -1.87. The van der Waals surface area contributed by atoms with Gasteiger partial charge in [-0.3, -0.25) is 4.79 Å². The summed E-state index contributed by atoms with van der Waals surface area (Å²) in [4.78, 5) is 31.4. The number of halogens is 1. The van der Waals surface area contributed by atoms with Crippen molar-refractivity contribution in [1.82, 2.24) is 30.2 Å². The number of nitrogens with zero attached hydrogens (tertiary/aromatic N) is 4. The van der Waals surface area contributed by atoms with Crippen molar-refractivity contribution in [2.24, 2.45) is 0 Å². The number of rotatable bonds is 14. The molecular formula is C41H45ClN6O6S2. The van der Waals surface area contributed by atoms with Gasteiger partial charge in [-0.25, -0.2) is 9.48 Å². The number of aryl methyl sites for hydroxylation is 2. The normalized spacial score (nSPS) is 18.7. The number of aliphatic hydroxyl groups excluding tert-OH is 1. The number of carbonyl (C=O) groups is 1. The van der Waals surface area contributed by atoms with E-state index in [1.54, 1.807) is 30.3 Å². The quantitative estimate of drug-likeness (QED) is 0.0802. The Morgan fingerprint density at radius 2 is 1.95 bits per heavy atom. The zero-order chi connectivity index (χ0) is 39.0. The Kier molecular flexibility index (Phi) is 11.3. The van der Waals surface area contributed by atoms with Gasteiger partial charge in [0.05, 0.1) is 31.2 Å². The summed E-state index contributed by atoms with van der Waals surface area (Å²) in [5.74, 6) is -0.684. The lowest BCUT2D eigenvalue weighted by molar-refractivity contribution is -0.169. The largest absolute Gasteiger partial charge is 0.506 e. The predicted molar refractivity (Wildman–Crippen MR) is 218 cm³/mol. The summed E-state index contributed by atoms with van der Waals surface area (Å²) in [6.45, 7) is 2.51. The van der Waals surface area contributed by atoms with Crippen LogP contribution in [-0.2, 0) is 41.1 Å². The standard InChI is InChI=1S/C41H45ClN6O6S2/c1-47(25-8-10-26(11-9-25)54-40(52)41(53,34-7-3-20-55-34)35-15-16-36(42)56-35)18-4-19-48-39-30-6-2-5-27(30)24(21-31(39)45-46-48)22-43-23-33(50)28-12-14-32(49)38-29(28)13-17-37(51)44-38/h3,7,12-17,20-21,25-26,33,43,49-50,53H,2,4-6,8-11,18-19,22-23H2,1H3,(H,44,51)/t25-,26-,33-,41+/m0/s1. The number of nitrogens with one attached hydrogen (secondary N) is 2. The number of aromatic nitrogens is 4. The van der Waals surface area contributed by atoms with Crippen LogP contribution in [0.15, 0.2) is 64.8 Å². The number of pyridine rings is 1. The van der Waals surface area contributed by atoms with Crippen molar-refractivity contribution in [2.45, 2.75) is 88.3 Å². The van der Waals surface area contributed by atoms with E-state index in [9.17, 15) is 24.9 Å². The molecule has 15 heteroatoms. The molecule has 56 heavy (non-hydrogen) atoms. The van der Waals surface area contributed by atoms with Crippen molar-refractivity contribution < 1.29 is 24.9 Å². The van der Waals surface area contributed by atoms with E-state index in [1.807, 2.05) is 11.4 Å². The minimum Gasteiger partial charge on any atom is -0.506 e. The van der Waals surface area contributed by atoms with Gasteiger partial charge >= 0.3 is 5.97 Å². The third-order valence-electron chi connectivity index (χ3n) is 11.4. The molecule has 6 aromatic rings. The van der Waals surface area contributed by atoms with Gasteiger partial charge in [0, 0.05) is 37.1 Å². The number of aliphatic hydroxyl groups is 2. The zero-order valence-corrected chi connectivity index (χ0v) is 33.4. The number of phenolic OH excluding ortho intramolecular Hbond substituents is 1. The highest BCUT2D eigenvalue weighted by Crippen LogP contribution is 2.40. The van der Waals surface area contributed by atoms with Crippen LogP contribution >= 0.6 is 34.3 Å². The first kappa shape index (κ1) is 38.7. The fraction of sp³-hybridized carbons (Fsp3) is 0.415. The molecular weight excluding hydrogens is 772 g/mol. The molecule has 0 spiro atoms. The summed E-state index contributed by atoms with van der Waals surface area (Å²) in [5.41, 5.74) is 4.56. The number of aromatic hydroxyl groups is 1. The molecule has 2 atom stereocenters. The number of hydrogen-bond acceptors (Lipinski definition) is 12. The molecule has 2 aliphatic carbocycles. The predicted octanol–water partition coefficient (Wildman–Crippen LogP) is 6.18. The topological polar surface area (TPSA) is 166 Å². The summed E-state index contributed by atoms with van der Waals surface area (Å²) in [7, 11) is 2.16. The molecule has 0 unspecified atom stereocenters. The van der Waals surface area contributed by atoms with Crippen LogP contribution in [0.4, 0.5) is 0 Å². The van der Waals surface area contributed by atoms with E-state index in [4.69, 9.17) is 16.3 Å². The third kappa shape index (κ3) is 7.63. The van der Waals surface area contributed by atoms with Gasteiger partial charge in [-0.05, 0) is 129 Å². The van der Waals surface area contributed by atoms with Gasteiger partial charge in [-0.2, -0.15) is 0 Å². The molecule has 8 rings (SSSR count). The minimum absolute atomic E-state index is 0.0343. The molecule has 4 heterocycles. The molecule has 2 aliphatic rings. The first-order valence-corrected chi connectivity index (χ1v) is 21.2. The van der Waals surface area contributed by atoms with Gasteiger partial charge < -0.3 is 35.3 Å². The number of esters is 1. The Hall–Kier alpha value is -4.15. The summed E-state index contributed by atoms with van der Waals surface area (Å²) >= 11 is 8.68. The molecule has 0 amide bonds. The number of fused-ring (bicyclic) bond motifs is 4. The van der Waals surface area contributed by atoms with E-state index >= 15 is 0 Å². The Bertz CT molecular complexity index is 2400. The molecule has 4 aromatic heterocycles. The van der Waals surface area contributed by atoms with E-state index in [-0.39, 0.29) is 17.4 Å². The van der Waals surface area contributed by atoms with Crippen LogP contribution in [0.2, 0.25) is 4.34 Å². The number of hydrogen-bond donors (Lipinski definition) is 5. The van der Waals surface area contributed by atoms with Crippen LogP contribution in [0.5, 0.6) is 5.75 Å². The van der Waals surface area contributed by atoms with Gasteiger partial charge in [0.1, 0.15) is 17.4 Å². The van der Waals surface area contributed by atoms with Crippen molar-refractivity contribution in [2.75, 3.05) is 20.1 Å². The summed E-state index contributed by atoms with van der Waals surface area (Å²) < 4.78 is 8.53. The Morgan fingerprint density at radius 3 is 2.71 bits per heavy atom. The SMILES string of the molecule is CN(CCCn1nnc2cc(CNC[C@H](O)c3ccc(O)c4[nH]c(=O)ccc34)c3c(c21)CCC3)[C@H]1CC[C@H](OC(=O)[C@@](O)(c2cccs2)c2ccc(Cl)s2)CC1. The molecule has 0 bridgehead atoms. The lowest BCUT2D eigenvalue weighted by Gasteiger charge is -2.35. The van der Waals surface area contributed by atoms with Crippen LogP contribution in [0.3, 0.4) is 0 Å². The van der Waals surface area contributed by atoms with Crippen molar-refractivity contribution >= 4 is 62.2 Å². The maximum absolute atomic E-state index is 13.5. The van der Waals surface area contributed by atoms with Crippen molar-refractivity contribution in [3.63, 3.8) is 0 Å². The first-order chi connectivity index (χ1) is 27.1. The lowest BCUT2D eigenvalue weighted by atomic mass is 9.91. The molecule has 0 radical (unpaired) electrons. The number of aromatic amines is 1. The van der Waals surface area contributed by atoms with Crippen molar-refractivity contribution in [3.05, 3.63) is 107 Å². The molecule has 0 saturated heterocycles. The number of ether oxygens (including phenoxy) is 1. The van der Waals surface area contributed by atoms with E-state index in [1.165, 1.54) is 45.9 Å². The molecule has 12 nitrogen and oxygen atoms in total. The average Bonchev–Trinajstić information content (AvgIpc) is 4.03. The monoisotopic (exact) mass is 816 g/mol. The van der Waals surface area contributed by atoms with E-state index in [2.05, 4.69) is 43.3 Å². The molecule has 1 fully saturated rings. The van der Waals surface area contributed by atoms with Gasteiger partial charge in [0.2, 0.25) is 11.2 Å². The highest BCUT2D eigenvalue weighted by molar-refractivity contribution is 7.16. The highest BCUT2D eigenvalue weighted by Gasteiger charge is 2.45. The van der Waals surface area contributed by atoms with Crippen LogP contribution in [0.1, 0.15) is 76.6 Å². The summed E-state index contributed by atoms with van der Waals surface area (Å²) in [5, 5.41) is 48.0. The second kappa shape index (κ2) is 16.4. The number of carbonyl (C=O) groups excluding carboxylic acids is 1. The number of thiophene rings is 2. The number of H-pyrrole nitrogens is 1. The molecule has 2 aromatic carbocycles. The van der Waals surface area contributed by atoms with Crippen LogP contribution in [0, 0.1) is 0 Å². The van der Waals surface area contributed by atoms with E-state index in [0.717, 1.165) is 81.1 Å². The van der Waals surface area contributed by atoms with Gasteiger partial charge in [0.15, 0.2) is 0 Å². The van der Waals surface area contributed by atoms with Gasteiger partial charge in [-0.1, -0.05) is 28.9 Å². The molecule has 0 aliphatic heterocycles. The zero-order valence-electron chi connectivity index (χ0n) is 31.0. The average molecular weight is 817 g/mol. The van der Waals surface area contributed by atoms with Crippen LogP contribution < -0.4 is 10.9 Å². The number of phenols is 1. The smallest absolute Gasteiger partial charge is 0.349 e. The van der Waals surface area contributed by atoms with Crippen molar-refractivity contribution in [1.29, 1.82) is 0 Å². The Balaban J connectivity index is 0.843. The number of benzene rings is 2. The Labute approximate surface area is 336 Å². The second-order valence-electron chi connectivity index (χ2n) is 14.9. The lowest BCUT2D eigenvalue weighted by Crippen LogP contribution is -2.42. The summed E-state index contributed by atoms with van der Waals surface area (Å²) in [6, 6.07) is 15.6. The highest BCUT2D eigenvalue weighted by atomic mass is 35.5.